The molecular weight excluding hydrogens is 449 g/mol. The molecule has 6 heterocycles. The zero-order chi connectivity index (χ0) is 20.6. The van der Waals surface area contributed by atoms with Gasteiger partial charge in [-0.15, -0.1) is 11.3 Å². The highest BCUT2D eigenvalue weighted by Gasteiger charge is 2.59. The van der Waals surface area contributed by atoms with Crippen molar-refractivity contribution in [3.05, 3.63) is 44.6 Å². The topological polar surface area (TPSA) is 67.6 Å². The highest BCUT2D eigenvalue weighted by molar-refractivity contribution is 7.16. The average molecular weight is 468 g/mol. The highest BCUT2D eigenvalue weighted by atomic mass is 35.5. The summed E-state index contributed by atoms with van der Waals surface area (Å²) in [4.78, 5) is 9.59. The number of hydrogen-bond donors (Lipinski definition) is 0. The maximum Gasteiger partial charge on any atom is 0.164 e. The van der Waals surface area contributed by atoms with Crippen molar-refractivity contribution < 1.29 is 18.9 Å². The number of nitrogens with zero attached hydrogens (tertiary/aromatic N) is 3. The van der Waals surface area contributed by atoms with E-state index in [0.29, 0.717) is 17.4 Å². The van der Waals surface area contributed by atoms with E-state index in [1.165, 1.54) is 11.9 Å². The Kier molecular flexibility index (Phi) is 4.45. The number of halogens is 2. The van der Waals surface area contributed by atoms with E-state index < -0.39 is 12.0 Å². The number of hydrogen-bond acceptors (Lipinski definition) is 7. The van der Waals surface area contributed by atoms with Gasteiger partial charge in [-0.3, -0.25) is 0 Å². The maximum atomic E-state index is 6.57. The molecule has 3 aliphatic rings. The summed E-state index contributed by atoms with van der Waals surface area (Å²) in [6.07, 6.45) is 2.54. The molecule has 2 fully saturated rings. The number of rotatable bonds is 2. The van der Waals surface area contributed by atoms with Crippen LogP contribution in [0.2, 0.25) is 9.49 Å². The predicted octanol–water partition coefficient (Wildman–Crippen LogP) is 4.53. The fourth-order valence-corrected chi connectivity index (χ4v) is 6.27. The van der Waals surface area contributed by atoms with Crippen LogP contribution in [0, 0.1) is 0 Å². The molecule has 0 aliphatic carbocycles. The lowest BCUT2D eigenvalue weighted by atomic mass is 9.99. The van der Waals surface area contributed by atoms with Crippen LogP contribution >= 0.6 is 34.5 Å². The summed E-state index contributed by atoms with van der Waals surface area (Å²) in [5, 5.41) is 1.17. The summed E-state index contributed by atoms with van der Waals surface area (Å²) in [6, 6.07) is 3.91. The van der Waals surface area contributed by atoms with E-state index in [1.54, 1.807) is 11.3 Å². The summed E-state index contributed by atoms with van der Waals surface area (Å²) in [5.41, 5.74) is 1.91. The van der Waals surface area contributed by atoms with Gasteiger partial charge in [0.15, 0.2) is 12.0 Å². The minimum atomic E-state index is -0.726. The van der Waals surface area contributed by atoms with Crippen molar-refractivity contribution in [3.8, 4) is 0 Å². The first-order valence-electron chi connectivity index (χ1n) is 9.79. The molecule has 7 nitrogen and oxygen atoms in total. The van der Waals surface area contributed by atoms with E-state index in [2.05, 4.69) is 9.97 Å². The van der Waals surface area contributed by atoms with Crippen molar-refractivity contribution in [2.45, 2.75) is 56.7 Å². The molecule has 30 heavy (non-hydrogen) atoms. The lowest BCUT2D eigenvalue weighted by molar-refractivity contribution is -0.212. The van der Waals surface area contributed by atoms with Crippen LogP contribution in [0.3, 0.4) is 0 Å². The molecule has 158 valence electrons. The molecule has 0 saturated carbocycles. The first-order chi connectivity index (χ1) is 14.4. The summed E-state index contributed by atoms with van der Waals surface area (Å²) in [5.74, 6) is -0.726. The first-order valence-corrected chi connectivity index (χ1v) is 11.4. The average Bonchev–Trinajstić information content (AvgIpc) is 3.42. The Balaban J connectivity index is 1.42. The summed E-state index contributed by atoms with van der Waals surface area (Å²) < 4.78 is 28.0. The Hall–Kier alpha value is -1.26. The largest absolute Gasteiger partial charge is 0.369 e. The van der Waals surface area contributed by atoms with Crippen molar-refractivity contribution >= 4 is 45.6 Å². The summed E-state index contributed by atoms with van der Waals surface area (Å²) in [6.45, 7) is 4.45. The quantitative estimate of drug-likeness (QED) is 0.515. The zero-order valence-electron chi connectivity index (χ0n) is 16.2. The Bertz CT molecular complexity index is 1130. The van der Waals surface area contributed by atoms with Crippen LogP contribution in [0.5, 0.6) is 0 Å². The number of fused-ring (bicyclic) bond motifs is 3. The number of aromatic nitrogens is 3. The van der Waals surface area contributed by atoms with Crippen molar-refractivity contribution in [2.75, 3.05) is 6.61 Å². The van der Waals surface area contributed by atoms with Gasteiger partial charge in [-0.1, -0.05) is 23.2 Å². The van der Waals surface area contributed by atoms with Gasteiger partial charge in [0.25, 0.3) is 0 Å². The molecule has 5 atom stereocenters. The van der Waals surface area contributed by atoms with Crippen molar-refractivity contribution in [3.63, 3.8) is 0 Å². The van der Waals surface area contributed by atoms with Crippen LogP contribution in [-0.2, 0) is 25.4 Å². The molecule has 0 radical (unpaired) electrons. The molecule has 0 N–H and O–H groups in total. The molecule has 3 aromatic rings. The molecule has 0 amide bonds. The van der Waals surface area contributed by atoms with Gasteiger partial charge >= 0.3 is 0 Å². The second-order valence-electron chi connectivity index (χ2n) is 8.16. The molecule has 0 aromatic carbocycles. The van der Waals surface area contributed by atoms with Crippen LogP contribution in [0.25, 0.3) is 11.0 Å². The zero-order valence-corrected chi connectivity index (χ0v) is 18.6. The lowest BCUT2D eigenvalue weighted by Gasteiger charge is -2.31. The van der Waals surface area contributed by atoms with Gasteiger partial charge in [0.1, 0.15) is 41.5 Å². The Labute approximate surface area is 186 Å². The molecule has 0 bridgehead atoms. The van der Waals surface area contributed by atoms with Gasteiger partial charge in [0.2, 0.25) is 0 Å². The molecule has 0 unspecified atom stereocenters. The Morgan fingerprint density at radius 2 is 2.00 bits per heavy atom. The van der Waals surface area contributed by atoms with E-state index in [1.807, 2.05) is 36.7 Å². The van der Waals surface area contributed by atoms with Crippen molar-refractivity contribution in [1.82, 2.24) is 14.5 Å². The monoisotopic (exact) mass is 467 g/mol. The van der Waals surface area contributed by atoms with Gasteiger partial charge in [-0.05, 0) is 38.0 Å². The van der Waals surface area contributed by atoms with Gasteiger partial charge in [-0.2, -0.15) is 0 Å². The van der Waals surface area contributed by atoms with Crippen LogP contribution in [0.15, 0.2) is 24.7 Å². The lowest BCUT2D eigenvalue weighted by Crippen LogP contribution is -2.36. The molecule has 10 heteroatoms. The molecule has 0 spiro atoms. The summed E-state index contributed by atoms with van der Waals surface area (Å²) in [7, 11) is 0. The van der Waals surface area contributed by atoms with E-state index in [9.17, 15) is 0 Å². The second kappa shape index (κ2) is 6.87. The van der Waals surface area contributed by atoms with Crippen LogP contribution in [-0.4, -0.2) is 45.2 Å². The minimum absolute atomic E-state index is 0.263. The van der Waals surface area contributed by atoms with E-state index in [-0.39, 0.29) is 24.4 Å². The Morgan fingerprint density at radius 3 is 2.87 bits per heavy atom. The first kappa shape index (κ1) is 19.4. The van der Waals surface area contributed by atoms with Gasteiger partial charge < -0.3 is 23.5 Å². The van der Waals surface area contributed by atoms with Gasteiger partial charge in [0.05, 0.1) is 16.3 Å². The highest BCUT2D eigenvalue weighted by Crippen LogP contribution is 2.50. The third-order valence-electron chi connectivity index (χ3n) is 5.84. The van der Waals surface area contributed by atoms with Gasteiger partial charge in [-0.25, -0.2) is 9.97 Å². The van der Waals surface area contributed by atoms with Crippen LogP contribution in [0.4, 0.5) is 0 Å². The maximum absolute atomic E-state index is 6.57. The SMILES string of the molecule is CC1(C)O[C@H]2[C@@H](O1)[C@H](n1ccc3c(Cl)ncnc31)O[C@@H]2[C@@H]1OCCc2cc(Cl)sc21. The van der Waals surface area contributed by atoms with Crippen LogP contribution < -0.4 is 0 Å². The Morgan fingerprint density at radius 1 is 1.17 bits per heavy atom. The van der Waals surface area contributed by atoms with Crippen molar-refractivity contribution in [2.24, 2.45) is 0 Å². The minimum Gasteiger partial charge on any atom is -0.369 e. The van der Waals surface area contributed by atoms with Crippen LogP contribution in [0.1, 0.15) is 36.6 Å². The van der Waals surface area contributed by atoms with E-state index in [4.69, 9.17) is 42.1 Å². The standard InChI is InChI=1S/C20H19Cl2N3O4S/c1-20(2)28-13-12(14-16-9(4-6-26-14)7-11(21)30-16)27-19(15(13)29-20)25-5-3-10-17(22)23-8-24-18(10)25/h3,5,7-8,12-15,19H,4,6H2,1-2H3/t12-,13+,14-,15+,19+/m0/s1. The molecular formula is C20H19Cl2N3O4S. The molecule has 6 rings (SSSR count). The fourth-order valence-electron chi connectivity index (χ4n) is 4.68. The molecule has 3 aliphatic heterocycles. The second-order valence-corrected chi connectivity index (χ2v) is 10.2. The third-order valence-corrected chi connectivity index (χ3v) is 7.51. The number of ether oxygens (including phenoxy) is 4. The smallest absolute Gasteiger partial charge is 0.164 e. The fraction of sp³-hybridized carbons (Fsp3) is 0.500. The predicted molar refractivity (Wildman–Crippen MR) is 112 cm³/mol. The molecule has 2 saturated heterocycles. The van der Waals surface area contributed by atoms with E-state index >= 15 is 0 Å². The van der Waals surface area contributed by atoms with Crippen molar-refractivity contribution in [1.29, 1.82) is 0 Å². The van der Waals surface area contributed by atoms with E-state index in [0.717, 1.165) is 21.0 Å². The normalized spacial score (nSPS) is 32.5. The number of thiophene rings is 1. The third kappa shape index (κ3) is 2.93. The van der Waals surface area contributed by atoms with Gasteiger partial charge in [0, 0.05) is 11.1 Å². The summed E-state index contributed by atoms with van der Waals surface area (Å²) >= 11 is 14.1. The molecule has 3 aromatic heterocycles.